The average molecular weight is 440 g/mol. The van der Waals surface area contributed by atoms with Crippen LogP contribution in [0.1, 0.15) is 42.2 Å². The molecule has 6 nitrogen and oxygen atoms in total. The molecule has 32 heavy (non-hydrogen) atoms. The molecule has 0 bridgehead atoms. The molecule has 2 heterocycles. The van der Waals surface area contributed by atoms with Gasteiger partial charge < -0.3 is 9.88 Å². The van der Waals surface area contributed by atoms with Crippen LogP contribution < -0.4 is 5.32 Å². The number of amides is 1. The first-order valence-corrected chi connectivity index (χ1v) is 10.9. The van der Waals surface area contributed by atoms with Gasteiger partial charge in [-0.1, -0.05) is 42.5 Å². The molecule has 1 aromatic heterocycles. The number of aryl methyl sites for hydroxylation is 1. The number of carbonyl (C=O) groups is 1. The molecular weight excluding hydrogens is 412 g/mol. The zero-order valence-corrected chi connectivity index (χ0v) is 18.1. The third-order valence-electron chi connectivity index (χ3n) is 5.82. The minimum absolute atomic E-state index is 0.0319. The molecule has 0 radical (unpaired) electrons. The van der Waals surface area contributed by atoms with Crippen LogP contribution in [0.3, 0.4) is 0 Å². The Morgan fingerprint density at radius 1 is 1.06 bits per heavy atom. The molecule has 168 valence electrons. The highest BCUT2D eigenvalue weighted by Gasteiger charge is 2.23. The van der Waals surface area contributed by atoms with Gasteiger partial charge in [0.15, 0.2) is 17.5 Å². The molecule has 0 aliphatic carbocycles. The molecule has 1 N–H and O–H groups in total. The van der Waals surface area contributed by atoms with E-state index in [9.17, 15) is 13.6 Å². The molecule has 8 heteroatoms. The summed E-state index contributed by atoms with van der Waals surface area (Å²) in [6.07, 6.45) is 1.74. The SMILES string of the molecule is C[C@@H](NC(=O)CCc1ccccc1)c1nnc2n1CCN(Cc1cccc(F)c1F)CC2. The molecule has 1 aliphatic heterocycles. The van der Waals surface area contributed by atoms with Crippen molar-refractivity contribution in [1.82, 2.24) is 25.0 Å². The number of carbonyl (C=O) groups excluding carboxylic acids is 1. The normalized spacial score (nSPS) is 15.1. The van der Waals surface area contributed by atoms with Crippen LogP contribution in [0.15, 0.2) is 48.5 Å². The molecule has 0 fully saturated rings. The van der Waals surface area contributed by atoms with Crippen LogP contribution >= 0.6 is 0 Å². The number of benzene rings is 2. The van der Waals surface area contributed by atoms with Gasteiger partial charge in [-0.2, -0.15) is 0 Å². The van der Waals surface area contributed by atoms with Crippen molar-refractivity contribution in [3.8, 4) is 0 Å². The highest BCUT2D eigenvalue weighted by molar-refractivity contribution is 5.76. The topological polar surface area (TPSA) is 63.1 Å². The lowest BCUT2D eigenvalue weighted by molar-refractivity contribution is -0.121. The summed E-state index contributed by atoms with van der Waals surface area (Å²) in [5.74, 6) is -0.0905. The lowest BCUT2D eigenvalue weighted by Gasteiger charge is -2.20. The fourth-order valence-corrected chi connectivity index (χ4v) is 4.06. The van der Waals surface area contributed by atoms with E-state index < -0.39 is 11.6 Å². The van der Waals surface area contributed by atoms with Crippen molar-refractivity contribution in [2.45, 2.75) is 45.3 Å². The van der Waals surface area contributed by atoms with E-state index in [4.69, 9.17) is 0 Å². The number of hydrogen-bond acceptors (Lipinski definition) is 4. The Bertz CT molecular complexity index is 1070. The first-order valence-electron chi connectivity index (χ1n) is 10.9. The van der Waals surface area contributed by atoms with E-state index in [1.807, 2.05) is 41.8 Å². The summed E-state index contributed by atoms with van der Waals surface area (Å²) in [5.41, 5.74) is 1.48. The number of halogens is 2. The van der Waals surface area contributed by atoms with Crippen LogP contribution in [0.2, 0.25) is 0 Å². The van der Waals surface area contributed by atoms with E-state index >= 15 is 0 Å². The Morgan fingerprint density at radius 3 is 2.69 bits per heavy atom. The Balaban J connectivity index is 1.35. The van der Waals surface area contributed by atoms with Crippen LogP contribution in [0, 0.1) is 11.6 Å². The predicted octanol–water partition coefficient (Wildman–Crippen LogP) is 3.42. The van der Waals surface area contributed by atoms with Crippen molar-refractivity contribution < 1.29 is 13.6 Å². The largest absolute Gasteiger partial charge is 0.346 e. The van der Waals surface area contributed by atoms with Gasteiger partial charge in [0.2, 0.25) is 5.91 Å². The van der Waals surface area contributed by atoms with Crippen molar-refractivity contribution in [1.29, 1.82) is 0 Å². The van der Waals surface area contributed by atoms with Crippen LogP contribution in [0.5, 0.6) is 0 Å². The van der Waals surface area contributed by atoms with Gasteiger partial charge in [-0.15, -0.1) is 10.2 Å². The molecule has 1 amide bonds. The van der Waals surface area contributed by atoms with Crippen molar-refractivity contribution in [3.63, 3.8) is 0 Å². The molecule has 1 atom stereocenters. The summed E-state index contributed by atoms with van der Waals surface area (Å²) in [6.45, 7) is 4.19. The summed E-state index contributed by atoms with van der Waals surface area (Å²) in [7, 11) is 0. The monoisotopic (exact) mass is 439 g/mol. The van der Waals surface area contributed by atoms with Gasteiger partial charge in [0.25, 0.3) is 0 Å². The van der Waals surface area contributed by atoms with Gasteiger partial charge in [0.05, 0.1) is 6.04 Å². The molecule has 1 aliphatic rings. The molecule has 0 unspecified atom stereocenters. The van der Waals surface area contributed by atoms with E-state index in [1.165, 1.54) is 6.07 Å². The van der Waals surface area contributed by atoms with E-state index in [-0.39, 0.29) is 11.9 Å². The van der Waals surface area contributed by atoms with Crippen LogP contribution in [-0.2, 0) is 30.7 Å². The second kappa shape index (κ2) is 9.99. The summed E-state index contributed by atoms with van der Waals surface area (Å²) < 4.78 is 29.6. The van der Waals surface area contributed by atoms with Crippen molar-refractivity contribution in [2.24, 2.45) is 0 Å². The Hall–Kier alpha value is -3.13. The summed E-state index contributed by atoms with van der Waals surface area (Å²) >= 11 is 0. The Morgan fingerprint density at radius 2 is 1.88 bits per heavy atom. The van der Waals surface area contributed by atoms with Crippen molar-refractivity contribution in [2.75, 3.05) is 13.1 Å². The lowest BCUT2D eigenvalue weighted by Crippen LogP contribution is -2.30. The summed E-state index contributed by atoms with van der Waals surface area (Å²) in [6, 6.07) is 13.9. The molecule has 3 aromatic rings. The fourth-order valence-electron chi connectivity index (χ4n) is 4.06. The number of hydrogen-bond donors (Lipinski definition) is 1. The maximum absolute atomic E-state index is 14.1. The highest BCUT2D eigenvalue weighted by Crippen LogP contribution is 2.19. The third-order valence-corrected chi connectivity index (χ3v) is 5.82. The average Bonchev–Trinajstić information content (AvgIpc) is 3.10. The number of fused-ring (bicyclic) bond motifs is 1. The van der Waals surface area contributed by atoms with E-state index in [0.29, 0.717) is 56.8 Å². The molecular formula is C24H27F2N5O. The molecule has 0 spiro atoms. The maximum atomic E-state index is 14.1. The van der Waals surface area contributed by atoms with Crippen molar-refractivity contribution in [3.05, 3.63) is 82.9 Å². The smallest absolute Gasteiger partial charge is 0.220 e. The summed E-state index contributed by atoms with van der Waals surface area (Å²) in [4.78, 5) is 14.5. The van der Waals surface area contributed by atoms with Crippen LogP contribution in [0.4, 0.5) is 8.78 Å². The van der Waals surface area contributed by atoms with Gasteiger partial charge in [-0.25, -0.2) is 8.78 Å². The van der Waals surface area contributed by atoms with Gasteiger partial charge >= 0.3 is 0 Å². The van der Waals surface area contributed by atoms with E-state index in [1.54, 1.807) is 6.07 Å². The first kappa shape index (κ1) is 22.1. The maximum Gasteiger partial charge on any atom is 0.220 e. The predicted molar refractivity (Wildman–Crippen MR) is 117 cm³/mol. The van der Waals surface area contributed by atoms with Crippen LogP contribution in [-0.4, -0.2) is 38.7 Å². The first-order chi connectivity index (χ1) is 15.5. The fraction of sp³-hybridized carbons (Fsp3) is 0.375. The minimum Gasteiger partial charge on any atom is -0.346 e. The number of nitrogens with zero attached hydrogens (tertiary/aromatic N) is 4. The molecule has 0 saturated heterocycles. The minimum atomic E-state index is -0.825. The molecule has 2 aromatic carbocycles. The van der Waals surface area contributed by atoms with Gasteiger partial charge in [-0.3, -0.25) is 9.69 Å². The highest BCUT2D eigenvalue weighted by atomic mass is 19.2. The Kier molecular flexibility index (Phi) is 6.90. The van der Waals surface area contributed by atoms with Crippen molar-refractivity contribution >= 4 is 5.91 Å². The lowest BCUT2D eigenvalue weighted by atomic mass is 10.1. The number of aromatic nitrogens is 3. The van der Waals surface area contributed by atoms with Crippen LogP contribution in [0.25, 0.3) is 0 Å². The quantitative estimate of drug-likeness (QED) is 0.613. The molecule has 4 rings (SSSR count). The second-order valence-corrected chi connectivity index (χ2v) is 8.14. The summed E-state index contributed by atoms with van der Waals surface area (Å²) in [5, 5.41) is 11.6. The van der Waals surface area contributed by atoms with Gasteiger partial charge in [0.1, 0.15) is 5.82 Å². The number of rotatable bonds is 7. The standard InChI is InChI=1S/C24H27F2N5O/c1-17(27-22(32)11-10-18-6-3-2-4-7-18)24-29-28-21-12-13-30(14-15-31(21)24)16-19-8-5-9-20(25)23(19)26/h2-9,17H,10-16H2,1H3,(H,27,32)/t17-/m1/s1. The zero-order chi connectivity index (χ0) is 22.5. The third kappa shape index (κ3) is 5.19. The molecule has 0 saturated carbocycles. The van der Waals surface area contributed by atoms with E-state index in [0.717, 1.165) is 17.5 Å². The van der Waals surface area contributed by atoms with Gasteiger partial charge in [-0.05, 0) is 25.0 Å². The van der Waals surface area contributed by atoms with E-state index in [2.05, 4.69) is 20.4 Å². The second-order valence-electron chi connectivity index (χ2n) is 8.14. The van der Waals surface area contributed by atoms with Gasteiger partial charge in [0, 0.05) is 44.6 Å². The Labute approximate surface area is 186 Å². The zero-order valence-electron chi connectivity index (χ0n) is 18.1. The number of nitrogens with one attached hydrogen (secondary N) is 1.